The van der Waals surface area contributed by atoms with E-state index in [1.807, 2.05) is 12.3 Å². The van der Waals surface area contributed by atoms with Gasteiger partial charge in [0.2, 0.25) is 0 Å². The van der Waals surface area contributed by atoms with Gasteiger partial charge in [-0.05, 0) is 18.9 Å². The first-order chi connectivity index (χ1) is 9.29. The average molecular weight is 259 g/mol. The second-order valence-corrected chi connectivity index (χ2v) is 4.83. The maximum Gasteiger partial charge on any atom is 0.0922 e. The molecule has 2 N–H and O–H groups in total. The van der Waals surface area contributed by atoms with Gasteiger partial charge in [-0.2, -0.15) is 0 Å². The van der Waals surface area contributed by atoms with E-state index in [1.165, 1.54) is 5.56 Å². The van der Waals surface area contributed by atoms with Crippen molar-refractivity contribution in [3.63, 3.8) is 0 Å². The van der Waals surface area contributed by atoms with E-state index in [0.29, 0.717) is 6.04 Å². The highest BCUT2D eigenvalue weighted by molar-refractivity contribution is 5.14. The number of aromatic nitrogens is 2. The predicted octanol–water partition coefficient (Wildman–Crippen LogP) is 2.18. The third-order valence-electron chi connectivity index (χ3n) is 3.33. The van der Waals surface area contributed by atoms with Crippen molar-refractivity contribution >= 4 is 0 Å². The normalized spacial score (nSPS) is 12.8. The smallest absolute Gasteiger partial charge is 0.0922 e. The standard InChI is InChI=1S/C15H21N3O/c1-13(7-8-19)18(11-15-9-16-12-17-15)10-14-5-3-2-4-6-14/h2-6,9,12-13,19H,7-8,10-11H2,1H3,(H,16,17)/t13-/m0/s1. The van der Waals surface area contributed by atoms with Gasteiger partial charge in [-0.1, -0.05) is 30.3 Å². The number of H-pyrrole nitrogens is 1. The molecule has 0 radical (unpaired) electrons. The Morgan fingerprint density at radius 3 is 2.68 bits per heavy atom. The van der Waals surface area contributed by atoms with Crippen molar-refractivity contribution in [2.24, 2.45) is 0 Å². The minimum atomic E-state index is 0.218. The minimum absolute atomic E-state index is 0.218. The van der Waals surface area contributed by atoms with Gasteiger partial charge in [0, 0.05) is 37.6 Å². The molecule has 0 amide bonds. The molecule has 102 valence electrons. The zero-order chi connectivity index (χ0) is 13.5. The van der Waals surface area contributed by atoms with Gasteiger partial charge in [0.05, 0.1) is 6.33 Å². The average Bonchev–Trinajstić information content (AvgIpc) is 2.92. The molecular weight excluding hydrogens is 238 g/mol. The number of benzene rings is 1. The monoisotopic (exact) mass is 259 g/mol. The lowest BCUT2D eigenvalue weighted by molar-refractivity contribution is 0.152. The minimum Gasteiger partial charge on any atom is -0.396 e. The second kappa shape index (κ2) is 7.07. The van der Waals surface area contributed by atoms with Crippen LogP contribution in [0, 0.1) is 0 Å². The third kappa shape index (κ3) is 4.19. The molecule has 0 aliphatic rings. The molecule has 2 aromatic rings. The molecule has 2 rings (SSSR count). The Hall–Kier alpha value is -1.65. The van der Waals surface area contributed by atoms with E-state index in [0.717, 1.165) is 25.2 Å². The fourth-order valence-corrected chi connectivity index (χ4v) is 2.14. The lowest BCUT2D eigenvalue weighted by Crippen LogP contribution is -2.33. The molecule has 0 unspecified atom stereocenters. The number of nitrogens with one attached hydrogen (secondary N) is 1. The van der Waals surface area contributed by atoms with E-state index < -0.39 is 0 Å². The molecule has 4 nitrogen and oxygen atoms in total. The van der Waals surface area contributed by atoms with Gasteiger partial charge in [-0.15, -0.1) is 0 Å². The molecule has 1 aromatic heterocycles. The molecule has 1 atom stereocenters. The Kier molecular flexibility index (Phi) is 5.12. The van der Waals surface area contributed by atoms with Crippen LogP contribution in [-0.4, -0.2) is 32.6 Å². The Morgan fingerprint density at radius 1 is 1.26 bits per heavy atom. The van der Waals surface area contributed by atoms with E-state index in [2.05, 4.69) is 46.1 Å². The number of aliphatic hydroxyl groups excluding tert-OH is 1. The number of aliphatic hydroxyl groups is 1. The molecule has 0 aliphatic heterocycles. The molecule has 0 aliphatic carbocycles. The first-order valence-corrected chi connectivity index (χ1v) is 6.65. The summed E-state index contributed by atoms with van der Waals surface area (Å²) < 4.78 is 0. The molecule has 0 saturated heterocycles. The summed E-state index contributed by atoms with van der Waals surface area (Å²) in [6.45, 7) is 4.06. The van der Waals surface area contributed by atoms with Crippen LogP contribution in [0.3, 0.4) is 0 Å². The Morgan fingerprint density at radius 2 is 2.05 bits per heavy atom. The highest BCUT2D eigenvalue weighted by atomic mass is 16.3. The number of rotatable bonds is 7. The maximum absolute atomic E-state index is 9.13. The van der Waals surface area contributed by atoms with Gasteiger partial charge in [0.1, 0.15) is 0 Å². The van der Waals surface area contributed by atoms with Gasteiger partial charge in [0.25, 0.3) is 0 Å². The zero-order valence-corrected chi connectivity index (χ0v) is 11.3. The van der Waals surface area contributed by atoms with Crippen molar-refractivity contribution in [3.05, 3.63) is 54.1 Å². The molecule has 0 saturated carbocycles. The second-order valence-electron chi connectivity index (χ2n) is 4.83. The summed E-state index contributed by atoms with van der Waals surface area (Å²) in [5, 5.41) is 9.13. The van der Waals surface area contributed by atoms with Gasteiger partial charge in [-0.25, -0.2) is 4.98 Å². The van der Waals surface area contributed by atoms with E-state index in [4.69, 9.17) is 5.11 Å². The van der Waals surface area contributed by atoms with E-state index in [-0.39, 0.29) is 6.61 Å². The molecule has 0 fully saturated rings. The number of hydrogen-bond donors (Lipinski definition) is 2. The number of imidazole rings is 1. The largest absolute Gasteiger partial charge is 0.396 e. The topological polar surface area (TPSA) is 52.1 Å². The van der Waals surface area contributed by atoms with Crippen molar-refractivity contribution in [3.8, 4) is 0 Å². The van der Waals surface area contributed by atoms with E-state index in [9.17, 15) is 0 Å². The Balaban J connectivity index is 2.05. The summed E-state index contributed by atoms with van der Waals surface area (Å²) in [6.07, 6.45) is 4.33. The fourth-order valence-electron chi connectivity index (χ4n) is 2.14. The van der Waals surface area contributed by atoms with Crippen LogP contribution in [0.4, 0.5) is 0 Å². The predicted molar refractivity (Wildman–Crippen MR) is 75.4 cm³/mol. The number of hydrogen-bond acceptors (Lipinski definition) is 3. The lowest BCUT2D eigenvalue weighted by atomic mass is 10.1. The van der Waals surface area contributed by atoms with Crippen LogP contribution in [0.15, 0.2) is 42.9 Å². The van der Waals surface area contributed by atoms with E-state index in [1.54, 1.807) is 6.33 Å². The van der Waals surface area contributed by atoms with Crippen molar-refractivity contribution in [1.29, 1.82) is 0 Å². The summed E-state index contributed by atoms with van der Waals surface area (Å²) in [7, 11) is 0. The molecule has 0 bridgehead atoms. The van der Waals surface area contributed by atoms with Crippen molar-refractivity contribution in [2.75, 3.05) is 6.61 Å². The zero-order valence-electron chi connectivity index (χ0n) is 11.3. The SMILES string of the molecule is C[C@@H](CCO)N(Cc1ccccc1)Cc1cnc[nH]1. The summed E-state index contributed by atoms with van der Waals surface area (Å²) in [6, 6.07) is 10.7. The third-order valence-corrected chi connectivity index (χ3v) is 3.33. The van der Waals surface area contributed by atoms with Crippen LogP contribution >= 0.6 is 0 Å². The molecule has 1 aromatic carbocycles. The van der Waals surface area contributed by atoms with Crippen LogP contribution in [0.5, 0.6) is 0 Å². The summed E-state index contributed by atoms with van der Waals surface area (Å²) >= 11 is 0. The molecular formula is C15H21N3O. The van der Waals surface area contributed by atoms with Crippen LogP contribution in [0.25, 0.3) is 0 Å². The van der Waals surface area contributed by atoms with Crippen molar-refractivity contribution < 1.29 is 5.11 Å². The van der Waals surface area contributed by atoms with Gasteiger partial charge in [-0.3, -0.25) is 4.90 Å². The highest BCUT2D eigenvalue weighted by Crippen LogP contribution is 2.13. The Labute approximate surface area is 114 Å². The van der Waals surface area contributed by atoms with Crippen LogP contribution in [0.1, 0.15) is 24.6 Å². The van der Waals surface area contributed by atoms with Crippen LogP contribution in [0.2, 0.25) is 0 Å². The quantitative estimate of drug-likeness (QED) is 0.801. The van der Waals surface area contributed by atoms with Crippen LogP contribution in [-0.2, 0) is 13.1 Å². The fraction of sp³-hybridized carbons (Fsp3) is 0.400. The first kappa shape index (κ1) is 13.8. The lowest BCUT2D eigenvalue weighted by Gasteiger charge is -2.28. The summed E-state index contributed by atoms with van der Waals surface area (Å²) in [5.74, 6) is 0. The molecule has 19 heavy (non-hydrogen) atoms. The maximum atomic E-state index is 9.13. The van der Waals surface area contributed by atoms with Gasteiger partial charge >= 0.3 is 0 Å². The first-order valence-electron chi connectivity index (χ1n) is 6.65. The summed E-state index contributed by atoms with van der Waals surface area (Å²) in [5.41, 5.74) is 2.38. The molecule has 1 heterocycles. The molecule has 4 heteroatoms. The van der Waals surface area contributed by atoms with E-state index >= 15 is 0 Å². The highest BCUT2D eigenvalue weighted by Gasteiger charge is 2.14. The van der Waals surface area contributed by atoms with Gasteiger partial charge in [0.15, 0.2) is 0 Å². The van der Waals surface area contributed by atoms with Crippen molar-refractivity contribution in [2.45, 2.75) is 32.5 Å². The summed E-state index contributed by atoms with van der Waals surface area (Å²) in [4.78, 5) is 9.54. The molecule has 0 spiro atoms. The Bertz CT molecular complexity index is 456. The van der Waals surface area contributed by atoms with Crippen LogP contribution < -0.4 is 0 Å². The van der Waals surface area contributed by atoms with Gasteiger partial charge < -0.3 is 10.1 Å². The number of nitrogens with zero attached hydrogens (tertiary/aromatic N) is 2. The number of aromatic amines is 1. The van der Waals surface area contributed by atoms with Crippen molar-refractivity contribution in [1.82, 2.24) is 14.9 Å².